The molecule has 16 heavy (non-hydrogen) atoms. The van der Waals surface area contributed by atoms with Gasteiger partial charge < -0.3 is 4.74 Å². The van der Waals surface area contributed by atoms with Crippen molar-refractivity contribution in [3.8, 4) is 0 Å². The summed E-state index contributed by atoms with van der Waals surface area (Å²) in [6, 6.07) is 2.16. The van der Waals surface area contributed by atoms with Crippen LogP contribution < -0.4 is 0 Å². The molecule has 1 aromatic heterocycles. The Kier molecular flexibility index (Phi) is 6.91. The van der Waals surface area contributed by atoms with Crippen LogP contribution in [0.2, 0.25) is 0 Å². The molecule has 1 rings (SSSR count). The largest absolute Gasteiger partial charge is 0.466 e. The number of aryl methyl sites for hydroxylation is 1. The van der Waals surface area contributed by atoms with Gasteiger partial charge in [0.25, 0.3) is 0 Å². The molecule has 0 aliphatic heterocycles. The van der Waals surface area contributed by atoms with Crippen molar-refractivity contribution < 1.29 is 9.53 Å². The number of esters is 1. The van der Waals surface area contributed by atoms with Crippen LogP contribution in [0.25, 0.3) is 0 Å². The first kappa shape index (κ1) is 14.4. The third kappa shape index (κ3) is 5.14. The van der Waals surface area contributed by atoms with Crippen LogP contribution in [0.4, 0.5) is 0 Å². The van der Waals surface area contributed by atoms with Crippen molar-refractivity contribution in [2.75, 3.05) is 6.61 Å². The summed E-state index contributed by atoms with van der Waals surface area (Å²) in [5.74, 6) is -0.0799. The van der Waals surface area contributed by atoms with Gasteiger partial charge >= 0.3 is 5.97 Å². The second-order valence-corrected chi connectivity index (χ2v) is 7.60. The molecule has 0 spiro atoms. The van der Waals surface area contributed by atoms with E-state index in [0.717, 1.165) is 19.3 Å². The number of hydrogen-bond donors (Lipinski definition) is 0. The fourth-order valence-corrected chi connectivity index (χ4v) is 4.83. The van der Waals surface area contributed by atoms with Crippen LogP contribution >= 0.6 is 49.9 Å². The van der Waals surface area contributed by atoms with Gasteiger partial charge in [-0.3, -0.25) is 4.79 Å². The normalized spacial score (nSPS) is 10.4. The summed E-state index contributed by atoms with van der Waals surface area (Å²) in [6.07, 6.45) is 3.52. The SMILES string of the molecule is CCOC(=O)CCCCc1cc(Br)sc1I. The summed E-state index contributed by atoms with van der Waals surface area (Å²) in [4.78, 5) is 11.1. The van der Waals surface area contributed by atoms with Crippen LogP contribution in [0.1, 0.15) is 31.7 Å². The molecule has 90 valence electrons. The Morgan fingerprint density at radius 2 is 2.31 bits per heavy atom. The third-order valence-electron chi connectivity index (χ3n) is 2.11. The molecule has 2 nitrogen and oxygen atoms in total. The minimum Gasteiger partial charge on any atom is -0.466 e. The molecule has 0 aliphatic rings. The maximum atomic E-state index is 11.1. The van der Waals surface area contributed by atoms with Gasteiger partial charge in [0.1, 0.15) is 0 Å². The second kappa shape index (κ2) is 7.66. The van der Waals surface area contributed by atoms with Crippen LogP contribution in [0.3, 0.4) is 0 Å². The summed E-state index contributed by atoms with van der Waals surface area (Å²) in [6.45, 7) is 2.32. The van der Waals surface area contributed by atoms with E-state index in [0.29, 0.717) is 13.0 Å². The summed E-state index contributed by atoms with van der Waals surface area (Å²) in [7, 11) is 0. The zero-order chi connectivity index (χ0) is 12.0. The van der Waals surface area contributed by atoms with Gasteiger partial charge in [-0.15, -0.1) is 11.3 Å². The highest BCUT2D eigenvalue weighted by Crippen LogP contribution is 2.29. The van der Waals surface area contributed by atoms with Crippen molar-refractivity contribution in [1.82, 2.24) is 0 Å². The Labute approximate surface area is 122 Å². The molecule has 0 aliphatic carbocycles. The van der Waals surface area contributed by atoms with Crippen molar-refractivity contribution in [3.63, 3.8) is 0 Å². The van der Waals surface area contributed by atoms with Crippen LogP contribution in [-0.2, 0) is 16.0 Å². The van der Waals surface area contributed by atoms with E-state index in [2.05, 4.69) is 44.6 Å². The summed E-state index contributed by atoms with van der Waals surface area (Å²) >= 11 is 7.59. The third-order valence-corrected chi connectivity index (χ3v) is 4.93. The molecule has 1 aromatic rings. The topological polar surface area (TPSA) is 26.3 Å². The lowest BCUT2D eigenvalue weighted by Crippen LogP contribution is -2.03. The fraction of sp³-hybridized carbons (Fsp3) is 0.545. The molecule has 1 heterocycles. The van der Waals surface area contributed by atoms with Crippen molar-refractivity contribution in [2.24, 2.45) is 0 Å². The van der Waals surface area contributed by atoms with Gasteiger partial charge in [0.2, 0.25) is 0 Å². The highest BCUT2D eigenvalue weighted by molar-refractivity contribution is 14.1. The van der Waals surface area contributed by atoms with Gasteiger partial charge in [0, 0.05) is 6.42 Å². The van der Waals surface area contributed by atoms with E-state index in [1.165, 1.54) is 12.2 Å². The van der Waals surface area contributed by atoms with Crippen molar-refractivity contribution in [3.05, 3.63) is 18.3 Å². The molecule has 0 saturated heterocycles. The first-order valence-electron chi connectivity index (χ1n) is 5.22. The second-order valence-electron chi connectivity index (χ2n) is 3.36. The number of carbonyl (C=O) groups is 1. The van der Waals surface area contributed by atoms with E-state index in [1.54, 1.807) is 11.3 Å². The molecule has 0 aromatic carbocycles. The Morgan fingerprint density at radius 1 is 1.56 bits per heavy atom. The van der Waals surface area contributed by atoms with Gasteiger partial charge in [-0.25, -0.2) is 0 Å². The molecule has 0 fully saturated rings. The Hall–Kier alpha value is 0.380. The predicted octanol–water partition coefficient (Wildman–Crippen LogP) is 4.39. The Bertz CT molecular complexity index is 352. The number of thiophene rings is 1. The molecular formula is C11H14BrIO2S. The van der Waals surface area contributed by atoms with Crippen molar-refractivity contribution in [2.45, 2.75) is 32.6 Å². The number of hydrogen-bond acceptors (Lipinski definition) is 3. The van der Waals surface area contributed by atoms with E-state index < -0.39 is 0 Å². The zero-order valence-corrected chi connectivity index (χ0v) is 13.7. The van der Waals surface area contributed by atoms with Gasteiger partial charge in [0.05, 0.1) is 13.3 Å². The van der Waals surface area contributed by atoms with Crippen LogP contribution in [0.15, 0.2) is 9.85 Å². The minimum absolute atomic E-state index is 0.0799. The quantitative estimate of drug-likeness (QED) is 0.390. The lowest BCUT2D eigenvalue weighted by molar-refractivity contribution is -0.143. The Balaban J connectivity index is 2.21. The maximum Gasteiger partial charge on any atom is 0.305 e. The van der Waals surface area contributed by atoms with E-state index >= 15 is 0 Å². The van der Waals surface area contributed by atoms with Crippen molar-refractivity contribution >= 4 is 55.8 Å². The molecule has 0 radical (unpaired) electrons. The molecule has 0 atom stereocenters. The highest BCUT2D eigenvalue weighted by atomic mass is 127. The van der Waals surface area contributed by atoms with E-state index in [4.69, 9.17) is 4.74 Å². The monoisotopic (exact) mass is 416 g/mol. The molecule has 0 unspecified atom stereocenters. The van der Waals surface area contributed by atoms with E-state index in [1.807, 2.05) is 6.92 Å². The number of unbranched alkanes of at least 4 members (excludes halogenated alkanes) is 1. The Morgan fingerprint density at radius 3 is 2.88 bits per heavy atom. The highest BCUT2D eigenvalue weighted by Gasteiger charge is 2.06. The minimum atomic E-state index is -0.0799. The standard InChI is InChI=1S/C11H14BrIO2S/c1-2-15-10(14)6-4-3-5-8-7-9(12)16-11(8)13/h7H,2-6H2,1H3. The average Bonchev–Trinajstić information content (AvgIpc) is 2.53. The first-order chi connectivity index (χ1) is 7.63. The van der Waals surface area contributed by atoms with Gasteiger partial charge in [-0.2, -0.15) is 0 Å². The molecule has 0 saturated carbocycles. The summed E-state index contributed by atoms with van der Waals surface area (Å²) in [5, 5.41) is 0. The van der Waals surface area contributed by atoms with E-state index in [-0.39, 0.29) is 5.97 Å². The molecule has 0 N–H and O–H groups in total. The lowest BCUT2D eigenvalue weighted by Gasteiger charge is -2.01. The van der Waals surface area contributed by atoms with Gasteiger partial charge in [-0.05, 0) is 76.3 Å². The van der Waals surface area contributed by atoms with Crippen LogP contribution in [-0.4, -0.2) is 12.6 Å². The van der Waals surface area contributed by atoms with Crippen molar-refractivity contribution in [1.29, 1.82) is 0 Å². The molecule has 5 heteroatoms. The predicted molar refractivity (Wildman–Crippen MR) is 78.9 cm³/mol. The smallest absolute Gasteiger partial charge is 0.305 e. The zero-order valence-electron chi connectivity index (χ0n) is 9.09. The summed E-state index contributed by atoms with van der Waals surface area (Å²) < 4.78 is 7.39. The lowest BCUT2D eigenvalue weighted by atomic mass is 10.1. The van der Waals surface area contributed by atoms with Crippen LogP contribution in [0.5, 0.6) is 0 Å². The fourth-order valence-electron chi connectivity index (χ4n) is 1.36. The number of rotatable bonds is 6. The van der Waals surface area contributed by atoms with E-state index in [9.17, 15) is 4.79 Å². The van der Waals surface area contributed by atoms with Gasteiger partial charge in [0.15, 0.2) is 0 Å². The first-order valence-corrected chi connectivity index (χ1v) is 7.91. The molecule has 0 bridgehead atoms. The molecule has 0 amide bonds. The average molecular weight is 417 g/mol. The van der Waals surface area contributed by atoms with Gasteiger partial charge in [-0.1, -0.05) is 0 Å². The number of ether oxygens (including phenoxy) is 1. The van der Waals surface area contributed by atoms with Crippen LogP contribution in [0, 0.1) is 2.88 Å². The number of halogens is 2. The number of carbonyl (C=O) groups excluding carboxylic acids is 1. The summed E-state index contributed by atoms with van der Waals surface area (Å²) in [5.41, 5.74) is 1.38. The molecular weight excluding hydrogens is 403 g/mol. The maximum absolute atomic E-state index is 11.1.